The van der Waals surface area contributed by atoms with Gasteiger partial charge < -0.3 is 9.68 Å². The van der Waals surface area contributed by atoms with E-state index in [0.717, 1.165) is 72.4 Å². The van der Waals surface area contributed by atoms with Crippen molar-refractivity contribution in [1.29, 1.82) is 0 Å². The molecule has 0 radical (unpaired) electrons. The predicted molar refractivity (Wildman–Crippen MR) is 121 cm³/mol. The number of carbonyl (C=O) groups excluding carboxylic acids is 1. The molecule has 7 heteroatoms. The molecule has 1 aliphatic carbocycles. The van der Waals surface area contributed by atoms with Crippen LogP contribution in [0.3, 0.4) is 0 Å². The summed E-state index contributed by atoms with van der Waals surface area (Å²) < 4.78 is 0. The van der Waals surface area contributed by atoms with Crippen LogP contribution in [0, 0.1) is 0 Å². The van der Waals surface area contributed by atoms with Crippen molar-refractivity contribution in [2.24, 2.45) is 10.3 Å². The molecule has 0 saturated carbocycles. The van der Waals surface area contributed by atoms with Crippen LogP contribution in [0.4, 0.5) is 0 Å². The number of fused-ring (bicyclic) bond motifs is 1. The maximum absolute atomic E-state index is 12.1. The Morgan fingerprint density at radius 3 is 2.58 bits per heavy atom. The van der Waals surface area contributed by atoms with Gasteiger partial charge in [-0.1, -0.05) is 16.4 Å². The summed E-state index contributed by atoms with van der Waals surface area (Å²) in [5.41, 5.74) is 6.81. The third-order valence-corrected chi connectivity index (χ3v) is 5.33. The third-order valence-electron chi connectivity index (χ3n) is 5.33. The first-order chi connectivity index (χ1) is 15.0. The number of nitrogens with zero attached hydrogens (tertiary/aromatic N) is 4. The van der Waals surface area contributed by atoms with Crippen molar-refractivity contribution in [2.75, 3.05) is 13.7 Å². The van der Waals surface area contributed by atoms with Crippen molar-refractivity contribution in [1.82, 2.24) is 9.97 Å². The highest BCUT2D eigenvalue weighted by Crippen LogP contribution is 2.24. The van der Waals surface area contributed by atoms with Crippen LogP contribution in [-0.2, 0) is 28.9 Å². The summed E-state index contributed by atoms with van der Waals surface area (Å²) in [6.45, 7) is 5.81. The summed E-state index contributed by atoms with van der Waals surface area (Å²) in [5, 5.41) is 8.15. The van der Waals surface area contributed by atoms with Crippen LogP contribution in [0.1, 0.15) is 78.7 Å². The van der Waals surface area contributed by atoms with Crippen LogP contribution in [0.5, 0.6) is 0 Å². The fraction of sp³-hybridized carbons (Fsp3) is 0.458. The number of carbonyl (C=O) groups is 1. The van der Waals surface area contributed by atoms with E-state index in [1.165, 1.54) is 7.11 Å². The van der Waals surface area contributed by atoms with Crippen molar-refractivity contribution in [3.05, 3.63) is 58.2 Å². The van der Waals surface area contributed by atoms with E-state index in [1.807, 2.05) is 38.1 Å². The molecule has 0 bridgehead atoms. The Labute approximate surface area is 183 Å². The van der Waals surface area contributed by atoms with Gasteiger partial charge in [0.15, 0.2) is 5.78 Å². The highest BCUT2D eigenvalue weighted by molar-refractivity contribution is 6.01. The number of Topliss-reactive ketones (excluding diaryl/α,β-unsaturated/α-hetero) is 1. The smallest absolute Gasteiger partial charge is 0.160 e. The van der Waals surface area contributed by atoms with Gasteiger partial charge in [0.2, 0.25) is 0 Å². The lowest BCUT2D eigenvalue weighted by molar-refractivity contribution is 0.101. The van der Waals surface area contributed by atoms with Crippen LogP contribution in [0.15, 0.2) is 34.6 Å². The second-order valence-electron chi connectivity index (χ2n) is 7.73. The molecular formula is C24H30N4O3. The first-order valence-electron chi connectivity index (χ1n) is 10.7. The average molecular weight is 423 g/mol. The van der Waals surface area contributed by atoms with Gasteiger partial charge in [-0.15, -0.1) is 0 Å². The summed E-state index contributed by atoms with van der Waals surface area (Å²) in [7, 11) is 1.52. The number of aromatic nitrogens is 2. The zero-order valence-corrected chi connectivity index (χ0v) is 18.8. The molecule has 0 atom stereocenters. The second kappa shape index (κ2) is 10.8. The van der Waals surface area contributed by atoms with Gasteiger partial charge in [-0.2, -0.15) is 0 Å². The minimum Gasteiger partial charge on any atom is -0.399 e. The SMILES string of the molecule is CON=C(C)c1cccc(CCCON=C(C)c2cc(C(C)=O)c3c(n2)CCCC3)n1. The molecule has 31 heavy (non-hydrogen) atoms. The average Bonchev–Trinajstić information content (AvgIpc) is 2.78. The van der Waals surface area contributed by atoms with Gasteiger partial charge in [0.25, 0.3) is 0 Å². The number of ketones is 1. The Morgan fingerprint density at radius 1 is 1.03 bits per heavy atom. The minimum absolute atomic E-state index is 0.0797. The molecule has 2 aromatic rings. The Hall–Kier alpha value is -3.09. The van der Waals surface area contributed by atoms with Crippen molar-refractivity contribution in [3.8, 4) is 0 Å². The zero-order chi connectivity index (χ0) is 22.2. The molecular weight excluding hydrogens is 392 g/mol. The largest absolute Gasteiger partial charge is 0.399 e. The van der Waals surface area contributed by atoms with Crippen LogP contribution in [0.2, 0.25) is 0 Å². The summed E-state index contributed by atoms with van der Waals surface area (Å²) in [6, 6.07) is 7.71. The molecule has 1 aliphatic rings. The van der Waals surface area contributed by atoms with Crippen molar-refractivity contribution in [3.63, 3.8) is 0 Å². The van der Waals surface area contributed by atoms with Gasteiger partial charge in [-0.05, 0) is 83.1 Å². The van der Waals surface area contributed by atoms with E-state index in [9.17, 15) is 4.79 Å². The van der Waals surface area contributed by atoms with E-state index < -0.39 is 0 Å². The van der Waals surface area contributed by atoms with Gasteiger partial charge in [0.1, 0.15) is 25.1 Å². The standard InChI is InChI=1S/C24H30N4O3/c1-16(27-30-4)22-13-7-9-19(25-22)10-8-14-31-28-17(2)24-15-21(18(3)29)20-11-5-6-12-23(20)26-24/h7,9,13,15H,5-6,8,10-12,14H2,1-4H3. The topological polar surface area (TPSA) is 86.0 Å². The van der Waals surface area contributed by atoms with Crippen molar-refractivity contribution < 1.29 is 14.5 Å². The molecule has 2 heterocycles. The highest BCUT2D eigenvalue weighted by Gasteiger charge is 2.19. The molecule has 0 aliphatic heterocycles. The molecule has 164 valence electrons. The molecule has 2 aromatic heterocycles. The molecule has 0 spiro atoms. The predicted octanol–water partition coefficient (Wildman–Crippen LogP) is 4.30. The molecule has 0 unspecified atom stereocenters. The van der Waals surface area contributed by atoms with E-state index in [-0.39, 0.29) is 5.78 Å². The summed E-state index contributed by atoms with van der Waals surface area (Å²) in [5.74, 6) is 0.0797. The Kier molecular flexibility index (Phi) is 7.87. The maximum Gasteiger partial charge on any atom is 0.160 e. The minimum atomic E-state index is 0.0797. The van der Waals surface area contributed by atoms with E-state index in [2.05, 4.69) is 15.3 Å². The van der Waals surface area contributed by atoms with E-state index in [4.69, 9.17) is 14.7 Å². The van der Waals surface area contributed by atoms with Gasteiger partial charge in [0, 0.05) is 17.0 Å². The lowest BCUT2D eigenvalue weighted by Gasteiger charge is -2.18. The first kappa shape index (κ1) is 22.6. The maximum atomic E-state index is 12.1. The number of hydrogen-bond acceptors (Lipinski definition) is 7. The normalized spacial score (nSPS) is 14.2. The zero-order valence-electron chi connectivity index (χ0n) is 18.8. The highest BCUT2D eigenvalue weighted by atomic mass is 16.6. The monoisotopic (exact) mass is 422 g/mol. The Morgan fingerprint density at radius 2 is 1.81 bits per heavy atom. The van der Waals surface area contributed by atoms with Gasteiger partial charge in [0.05, 0.1) is 11.4 Å². The molecule has 0 fully saturated rings. The Balaban J connectivity index is 1.58. The molecule has 0 amide bonds. The molecule has 7 nitrogen and oxygen atoms in total. The van der Waals surface area contributed by atoms with Crippen LogP contribution < -0.4 is 0 Å². The van der Waals surface area contributed by atoms with Crippen molar-refractivity contribution in [2.45, 2.75) is 59.3 Å². The molecule has 0 aromatic carbocycles. The molecule has 3 rings (SSSR count). The number of rotatable bonds is 9. The van der Waals surface area contributed by atoms with Gasteiger partial charge in [-0.25, -0.2) is 0 Å². The second-order valence-corrected chi connectivity index (χ2v) is 7.73. The lowest BCUT2D eigenvalue weighted by Crippen LogP contribution is -2.15. The van der Waals surface area contributed by atoms with E-state index >= 15 is 0 Å². The first-order valence-corrected chi connectivity index (χ1v) is 10.7. The number of pyridine rings is 2. The van der Waals surface area contributed by atoms with Gasteiger partial charge in [-0.3, -0.25) is 14.8 Å². The van der Waals surface area contributed by atoms with E-state index in [0.29, 0.717) is 18.0 Å². The molecule has 0 N–H and O–H groups in total. The van der Waals surface area contributed by atoms with Crippen LogP contribution in [0.25, 0.3) is 0 Å². The number of aryl methyl sites for hydroxylation is 2. The van der Waals surface area contributed by atoms with Gasteiger partial charge >= 0.3 is 0 Å². The fourth-order valence-electron chi connectivity index (χ4n) is 3.71. The number of hydrogen-bond donors (Lipinski definition) is 0. The molecule has 0 saturated heterocycles. The summed E-state index contributed by atoms with van der Waals surface area (Å²) >= 11 is 0. The third kappa shape index (κ3) is 5.96. The summed E-state index contributed by atoms with van der Waals surface area (Å²) in [4.78, 5) is 31.8. The van der Waals surface area contributed by atoms with E-state index in [1.54, 1.807) is 6.92 Å². The van der Waals surface area contributed by atoms with Crippen LogP contribution >= 0.6 is 0 Å². The lowest BCUT2D eigenvalue weighted by atomic mass is 9.90. The number of oxime groups is 2. The Bertz CT molecular complexity index is 998. The quantitative estimate of drug-likeness (QED) is 0.260. The summed E-state index contributed by atoms with van der Waals surface area (Å²) in [6.07, 6.45) is 5.62. The fourth-order valence-corrected chi connectivity index (χ4v) is 3.71. The van der Waals surface area contributed by atoms with Crippen LogP contribution in [-0.4, -0.2) is 40.9 Å². The van der Waals surface area contributed by atoms with Crippen molar-refractivity contribution >= 4 is 17.2 Å².